The summed E-state index contributed by atoms with van der Waals surface area (Å²) >= 11 is 0. The minimum absolute atomic E-state index is 0.108. The van der Waals surface area contributed by atoms with Gasteiger partial charge in [-0.05, 0) is 41.2 Å². The summed E-state index contributed by atoms with van der Waals surface area (Å²) in [5.41, 5.74) is 2.61. The van der Waals surface area contributed by atoms with Crippen LogP contribution in [0.25, 0.3) is 11.0 Å². The molecular weight excluding hydrogens is 342 g/mol. The number of aryl methyl sites for hydroxylation is 1. The Kier molecular flexibility index (Phi) is 4.99. The van der Waals surface area contributed by atoms with Gasteiger partial charge in [0.25, 0.3) is 0 Å². The average Bonchev–Trinajstić information content (AvgIpc) is 2.61. The second-order valence-electron chi connectivity index (χ2n) is 7.66. The van der Waals surface area contributed by atoms with E-state index in [0.717, 1.165) is 5.56 Å². The van der Waals surface area contributed by atoms with Gasteiger partial charge in [0.2, 0.25) is 5.91 Å². The molecule has 0 radical (unpaired) electrons. The normalized spacial score (nSPS) is 11.5. The summed E-state index contributed by atoms with van der Waals surface area (Å²) in [6.45, 7) is 6.51. The number of nitrogens with one attached hydrogen (secondary N) is 3. The first-order valence-electron chi connectivity index (χ1n) is 8.88. The van der Waals surface area contributed by atoms with Gasteiger partial charge in [0.1, 0.15) is 0 Å². The van der Waals surface area contributed by atoms with E-state index in [1.54, 1.807) is 18.2 Å². The van der Waals surface area contributed by atoms with Crippen LogP contribution >= 0.6 is 0 Å². The van der Waals surface area contributed by atoms with Crippen molar-refractivity contribution in [3.63, 3.8) is 0 Å². The van der Waals surface area contributed by atoms with Gasteiger partial charge in [-0.25, -0.2) is 0 Å². The van der Waals surface area contributed by atoms with E-state index in [2.05, 4.69) is 60.3 Å². The summed E-state index contributed by atoms with van der Waals surface area (Å²) in [6.07, 6.45) is 1.00. The molecule has 0 aliphatic carbocycles. The van der Waals surface area contributed by atoms with Crippen LogP contribution < -0.4 is 16.4 Å². The molecule has 6 heteroatoms. The number of hydrogen-bond donors (Lipinski definition) is 3. The number of anilines is 1. The third kappa shape index (κ3) is 4.53. The van der Waals surface area contributed by atoms with E-state index in [1.165, 1.54) is 5.56 Å². The van der Waals surface area contributed by atoms with E-state index in [9.17, 15) is 14.4 Å². The fraction of sp³-hybridized carbons (Fsp3) is 0.286. The molecule has 27 heavy (non-hydrogen) atoms. The van der Waals surface area contributed by atoms with E-state index in [1.807, 2.05) is 0 Å². The maximum Gasteiger partial charge on any atom is 0.314 e. The third-order valence-corrected chi connectivity index (χ3v) is 4.47. The van der Waals surface area contributed by atoms with Crippen LogP contribution in [0.4, 0.5) is 5.69 Å². The molecule has 0 fully saturated rings. The first kappa shape index (κ1) is 18.6. The Labute approximate surface area is 156 Å². The molecule has 0 bridgehead atoms. The monoisotopic (exact) mass is 365 g/mol. The number of H-pyrrole nitrogens is 2. The zero-order chi connectivity index (χ0) is 19.6. The van der Waals surface area contributed by atoms with Crippen molar-refractivity contribution >= 4 is 22.6 Å². The molecule has 1 heterocycles. The van der Waals surface area contributed by atoms with Gasteiger partial charge >= 0.3 is 11.1 Å². The quantitative estimate of drug-likeness (QED) is 0.620. The minimum Gasteiger partial charge on any atom is -0.326 e. The number of hydrogen-bond acceptors (Lipinski definition) is 3. The Bertz CT molecular complexity index is 1090. The van der Waals surface area contributed by atoms with Gasteiger partial charge in [0, 0.05) is 12.1 Å². The topological polar surface area (TPSA) is 94.8 Å². The number of carbonyl (C=O) groups is 1. The Morgan fingerprint density at radius 3 is 2.19 bits per heavy atom. The third-order valence-electron chi connectivity index (χ3n) is 4.47. The highest BCUT2D eigenvalue weighted by molar-refractivity contribution is 5.93. The van der Waals surface area contributed by atoms with Crippen molar-refractivity contribution < 1.29 is 4.79 Å². The highest BCUT2D eigenvalue weighted by Crippen LogP contribution is 2.22. The number of fused-ring (bicyclic) bond motifs is 1. The highest BCUT2D eigenvalue weighted by atomic mass is 16.2. The van der Waals surface area contributed by atoms with E-state index in [0.29, 0.717) is 29.6 Å². The summed E-state index contributed by atoms with van der Waals surface area (Å²) in [4.78, 5) is 40.0. The van der Waals surface area contributed by atoms with Crippen LogP contribution in [0, 0.1) is 0 Å². The van der Waals surface area contributed by atoms with Crippen LogP contribution in [-0.4, -0.2) is 15.9 Å². The van der Waals surface area contributed by atoms with Gasteiger partial charge in [-0.2, -0.15) is 0 Å². The molecule has 0 aliphatic rings. The van der Waals surface area contributed by atoms with Crippen molar-refractivity contribution in [2.45, 2.75) is 39.0 Å². The lowest BCUT2D eigenvalue weighted by molar-refractivity contribution is -0.116. The lowest BCUT2D eigenvalue weighted by Gasteiger charge is -2.19. The van der Waals surface area contributed by atoms with Crippen LogP contribution in [0.2, 0.25) is 0 Å². The number of benzene rings is 2. The molecule has 0 unspecified atom stereocenters. The van der Waals surface area contributed by atoms with Gasteiger partial charge in [0.15, 0.2) is 0 Å². The van der Waals surface area contributed by atoms with Crippen LogP contribution in [0.1, 0.15) is 38.3 Å². The minimum atomic E-state index is -0.718. The first-order valence-corrected chi connectivity index (χ1v) is 8.88. The number of amides is 1. The van der Waals surface area contributed by atoms with E-state index in [-0.39, 0.29) is 11.3 Å². The molecule has 0 aliphatic heterocycles. The molecule has 6 nitrogen and oxygen atoms in total. The Morgan fingerprint density at radius 2 is 1.56 bits per heavy atom. The summed E-state index contributed by atoms with van der Waals surface area (Å²) < 4.78 is 0. The van der Waals surface area contributed by atoms with Crippen molar-refractivity contribution in [3.05, 3.63) is 74.3 Å². The van der Waals surface area contributed by atoms with Gasteiger partial charge in [-0.15, -0.1) is 0 Å². The van der Waals surface area contributed by atoms with Crippen molar-refractivity contribution in [3.8, 4) is 0 Å². The number of carbonyl (C=O) groups excluding carboxylic acids is 1. The molecule has 0 saturated heterocycles. The smallest absolute Gasteiger partial charge is 0.314 e. The Morgan fingerprint density at radius 1 is 0.926 bits per heavy atom. The SMILES string of the molecule is CC(C)(C)c1ccc(CCC(=O)Nc2ccc3[nH]c(=O)c(=O)[nH]c3c2)cc1. The largest absolute Gasteiger partial charge is 0.326 e. The Balaban J connectivity index is 1.64. The van der Waals surface area contributed by atoms with Crippen molar-refractivity contribution in [1.29, 1.82) is 0 Å². The molecule has 3 N–H and O–H groups in total. The second-order valence-corrected chi connectivity index (χ2v) is 7.66. The van der Waals surface area contributed by atoms with E-state index < -0.39 is 11.1 Å². The first-order chi connectivity index (χ1) is 12.7. The maximum atomic E-state index is 12.2. The standard InChI is InChI=1S/C21H23N3O3/c1-21(2,3)14-7-4-13(5-8-14)6-11-18(25)22-15-9-10-16-17(12-15)24-20(27)19(26)23-16/h4-5,7-10,12H,6,11H2,1-3H3,(H,22,25)(H,23,26)(H,24,27). The van der Waals surface area contributed by atoms with Crippen LogP contribution in [0.5, 0.6) is 0 Å². The van der Waals surface area contributed by atoms with E-state index in [4.69, 9.17) is 0 Å². The van der Waals surface area contributed by atoms with Crippen LogP contribution in [-0.2, 0) is 16.6 Å². The number of rotatable bonds is 4. The lowest BCUT2D eigenvalue weighted by atomic mass is 9.86. The molecule has 0 spiro atoms. The summed E-state index contributed by atoms with van der Waals surface area (Å²) in [5, 5.41) is 2.82. The number of aromatic nitrogens is 2. The predicted octanol–water partition coefficient (Wildman–Crippen LogP) is 3.09. The van der Waals surface area contributed by atoms with Gasteiger partial charge in [-0.1, -0.05) is 45.0 Å². The zero-order valence-corrected chi connectivity index (χ0v) is 15.7. The fourth-order valence-corrected chi connectivity index (χ4v) is 2.85. The van der Waals surface area contributed by atoms with Gasteiger partial charge in [0.05, 0.1) is 11.0 Å². The molecule has 0 atom stereocenters. The van der Waals surface area contributed by atoms with E-state index >= 15 is 0 Å². The maximum absolute atomic E-state index is 12.2. The molecule has 1 amide bonds. The van der Waals surface area contributed by atoms with Gasteiger partial charge < -0.3 is 15.3 Å². The van der Waals surface area contributed by atoms with Crippen LogP contribution in [0.15, 0.2) is 52.1 Å². The van der Waals surface area contributed by atoms with Crippen molar-refractivity contribution in [1.82, 2.24) is 9.97 Å². The molecular formula is C21H23N3O3. The Hall–Kier alpha value is -3.15. The molecule has 3 rings (SSSR count). The summed E-state index contributed by atoms with van der Waals surface area (Å²) in [7, 11) is 0. The zero-order valence-electron chi connectivity index (χ0n) is 15.7. The molecule has 0 saturated carbocycles. The molecule has 140 valence electrons. The van der Waals surface area contributed by atoms with Crippen molar-refractivity contribution in [2.24, 2.45) is 0 Å². The highest BCUT2D eigenvalue weighted by Gasteiger charge is 2.13. The average molecular weight is 365 g/mol. The number of aromatic amines is 2. The molecule has 2 aromatic carbocycles. The van der Waals surface area contributed by atoms with Crippen LogP contribution in [0.3, 0.4) is 0 Å². The predicted molar refractivity (Wildman–Crippen MR) is 107 cm³/mol. The van der Waals surface area contributed by atoms with Crippen molar-refractivity contribution in [2.75, 3.05) is 5.32 Å². The second kappa shape index (κ2) is 7.23. The summed E-state index contributed by atoms with van der Waals surface area (Å²) in [6, 6.07) is 13.3. The molecule has 3 aromatic rings. The fourth-order valence-electron chi connectivity index (χ4n) is 2.85. The van der Waals surface area contributed by atoms with Gasteiger partial charge in [-0.3, -0.25) is 14.4 Å². The summed E-state index contributed by atoms with van der Waals surface area (Å²) in [5.74, 6) is -0.110. The molecule has 1 aromatic heterocycles. The lowest BCUT2D eigenvalue weighted by Crippen LogP contribution is -2.28.